The summed E-state index contributed by atoms with van der Waals surface area (Å²) < 4.78 is 7.59. The summed E-state index contributed by atoms with van der Waals surface area (Å²) in [5.41, 5.74) is 2.09. The van der Waals surface area contributed by atoms with Crippen LogP contribution < -0.4 is 0 Å². The predicted molar refractivity (Wildman–Crippen MR) is 78.0 cm³/mol. The van der Waals surface area contributed by atoms with E-state index in [0.717, 1.165) is 55.6 Å². The van der Waals surface area contributed by atoms with Gasteiger partial charge in [0.15, 0.2) is 0 Å². The molecule has 0 N–H and O–H groups in total. The molecular weight excluding hydrogens is 285 g/mol. The Morgan fingerprint density at radius 1 is 1.42 bits per heavy atom. The van der Waals surface area contributed by atoms with Crippen LogP contribution >= 0.6 is 23.2 Å². The molecule has 0 saturated carbocycles. The minimum absolute atomic E-state index is 0.123. The number of nitrogens with zero attached hydrogens (tertiary/aromatic N) is 3. The first-order chi connectivity index (χ1) is 9.19. The van der Waals surface area contributed by atoms with E-state index < -0.39 is 0 Å². The van der Waals surface area contributed by atoms with Crippen LogP contribution in [0.15, 0.2) is 0 Å². The number of halogens is 2. The van der Waals surface area contributed by atoms with Crippen molar-refractivity contribution in [1.29, 1.82) is 0 Å². The number of aryl methyl sites for hydroxylation is 2. The number of alkyl halides is 1. The fourth-order valence-corrected chi connectivity index (χ4v) is 2.91. The summed E-state index contributed by atoms with van der Waals surface area (Å²) in [6.07, 6.45) is 0.990. The smallest absolute Gasteiger partial charge is 0.0863 e. The Kier molecular flexibility index (Phi) is 5.51. The van der Waals surface area contributed by atoms with E-state index in [1.165, 1.54) is 0 Å². The summed E-state index contributed by atoms with van der Waals surface area (Å²) in [4.78, 5) is 2.34. The number of ether oxygens (including phenoxy) is 1. The quantitative estimate of drug-likeness (QED) is 0.783. The van der Waals surface area contributed by atoms with Crippen molar-refractivity contribution in [1.82, 2.24) is 14.7 Å². The van der Waals surface area contributed by atoms with Gasteiger partial charge in [0, 0.05) is 32.1 Å². The van der Waals surface area contributed by atoms with Gasteiger partial charge in [-0.05, 0) is 13.3 Å². The number of rotatable bonds is 5. The lowest BCUT2D eigenvalue weighted by Crippen LogP contribution is -2.43. The van der Waals surface area contributed by atoms with Gasteiger partial charge in [-0.3, -0.25) is 9.58 Å². The van der Waals surface area contributed by atoms with Gasteiger partial charge in [0.2, 0.25) is 0 Å². The van der Waals surface area contributed by atoms with Crippen molar-refractivity contribution in [3.8, 4) is 0 Å². The van der Waals surface area contributed by atoms with Gasteiger partial charge in [0.1, 0.15) is 0 Å². The van der Waals surface area contributed by atoms with E-state index in [1.54, 1.807) is 0 Å². The molecule has 1 aliphatic rings. The minimum Gasteiger partial charge on any atom is -0.374 e. The summed E-state index contributed by atoms with van der Waals surface area (Å²) in [7, 11) is 0. The Balaban J connectivity index is 2.11. The van der Waals surface area contributed by atoms with Gasteiger partial charge < -0.3 is 4.74 Å². The van der Waals surface area contributed by atoms with Gasteiger partial charge >= 0.3 is 0 Å². The highest BCUT2D eigenvalue weighted by Gasteiger charge is 2.23. The molecule has 108 valence electrons. The maximum Gasteiger partial charge on any atom is 0.0863 e. The summed E-state index contributed by atoms with van der Waals surface area (Å²) in [6, 6.07) is 0. The molecule has 0 aliphatic carbocycles. The van der Waals surface area contributed by atoms with Crippen LogP contribution in [0.4, 0.5) is 0 Å². The van der Waals surface area contributed by atoms with Gasteiger partial charge in [0.25, 0.3) is 0 Å². The molecule has 19 heavy (non-hydrogen) atoms. The predicted octanol–water partition coefficient (Wildman–Crippen LogP) is 2.56. The van der Waals surface area contributed by atoms with Crippen molar-refractivity contribution in [2.45, 2.75) is 39.5 Å². The Morgan fingerprint density at radius 3 is 2.84 bits per heavy atom. The van der Waals surface area contributed by atoms with Crippen molar-refractivity contribution < 1.29 is 4.74 Å². The molecule has 1 atom stereocenters. The van der Waals surface area contributed by atoms with Crippen LogP contribution in [0.25, 0.3) is 0 Å². The molecule has 0 amide bonds. The fraction of sp³-hybridized carbons (Fsp3) is 0.769. The summed E-state index contributed by atoms with van der Waals surface area (Å²) >= 11 is 12.3. The van der Waals surface area contributed by atoms with Crippen LogP contribution in [0.3, 0.4) is 0 Å². The van der Waals surface area contributed by atoms with Crippen LogP contribution in [0, 0.1) is 0 Å². The van der Waals surface area contributed by atoms with Crippen molar-refractivity contribution in [3.63, 3.8) is 0 Å². The monoisotopic (exact) mass is 305 g/mol. The largest absolute Gasteiger partial charge is 0.374 e. The highest BCUT2D eigenvalue weighted by molar-refractivity contribution is 6.31. The molecule has 1 unspecified atom stereocenters. The third-order valence-corrected chi connectivity index (χ3v) is 4.24. The highest BCUT2D eigenvalue weighted by atomic mass is 35.5. The Morgan fingerprint density at radius 2 is 2.21 bits per heavy atom. The SMILES string of the molecule is CCc1nn(CC)c(CN2CCOC(CCl)C2)c1Cl. The molecule has 1 aliphatic heterocycles. The van der Waals surface area contributed by atoms with E-state index in [0.29, 0.717) is 5.88 Å². The van der Waals surface area contributed by atoms with Crippen molar-refractivity contribution >= 4 is 23.2 Å². The van der Waals surface area contributed by atoms with E-state index in [1.807, 2.05) is 4.68 Å². The maximum absolute atomic E-state index is 6.43. The zero-order valence-corrected chi connectivity index (χ0v) is 13.0. The molecule has 0 bridgehead atoms. The second kappa shape index (κ2) is 6.93. The first-order valence-electron chi connectivity index (χ1n) is 6.83. The van der Waals surface area contributed by atoms with Crippen LogP contribution in [-0.4, -0.2) is 46.4 Å². The van der Waals surface area contributed by atoms with Crippen LogP contribution in [0.1, 0.15) is 25.2 Å². The molecule has 0 aromatic carbocycles. The van der Waals surface area contributed by atoms with Crippen LogP contribution in [0.2, 0.25) is 5.02 Å². The van der Waals surface area contributed by atoms with E-state index in [4.69, 9.17) is 27.9 Å². The average Bonchev–Trinajstić information content (AvgIpc) is 2.75. The number of hydrogen-bond donors (Lipinski definition) is 0. The van der Waals surface area contributed by atoms with E-state index >= 15 is 0 Å². The maximum atomic E-state index is 6.43. The first-order valence-corrected chi connectivity index (χ1v) is 7.74. The van der Waals surface area contributed by atoms with Gasteiger partial charge in [-0.15, -0.1) is 11.6 Å². The van der Waals surface area contributed by atoms with E-state index in [2.05, 4.69) is 23.8 Å². The minimum atomic E-state index is 0.123. The van der Waals surface area contributed by atoms with Crippen molar-refractivity contribution in [3.05, 3.63) is 16.4 Å². The Labute approximate surface area is 124 Å². The summed E-state index contributed by atoms with van der Waals surface area (Å²) in [5.74, 6) is 0.539. The van der Waals surface area contributed by atoms with E-state index in [9.17, 15) is 0 Å². The summed E-state index contributed by atoms with van der Waals surface area (Å²) in [6.45, 7) is 8.34. The Bertz CT molecular complexity index is 422. The molecular formula is C13H21Cl2N3O. The third-order valence-electron chi connectivity index (χ3n) is 3.46. The molecule has 1 aromatic heterocycles. The summed E-state index contributed by atoms with van der Waals surface area (Å²) in [5, 5.41) is 5.37. The second-order valence-corrected chi connectivity index (χ2v) is 5.45. The van der Waals surface area contributed by atoms with E-state index in [-0.39, 0.29) is 6.10 Å². The van der Waals surface area contributed by atoms with Crippen molar-refractivity contribution in [2.24, 2.45) is 0 Å². The molecule has 1 fully saturated rings. The standard InChI is InChI=1S/C13H21Cl2N3O/c1-3-11-13(15)12(18(4-2)16-11)9-17-5-6-19-10(7-14)8-17/h10H,3-9H2,1-2H3. The molecule has 4 nitrogen and oxygen atoms in total. The zero-order chi connectivity index (χ0) is 13.8. The number of hydrogen-bond acceptors (Lipinski definition) is 3. The lowest BCUT2D eigenvalue weighted by Gasteiger charge is -2.32. The average molecular weight is 306 g/mol. The molecule has 1 aromatic rings. The Hall–Kier alpha value is -0.290. The van der Waals surface area contributed by atoms with Gasteiger partial charge in [-0.25, -0.2) is 0 Å². The topological polar surface area (TPSA) is 30.3 Å². The number of aromatic nitrogens is 2. The number of morpholine rings is 1. The zero-order valence-electron chi connectivity index (χ0n) is 11.5. The molecule has 2 rings (SSSR count). The molecule has 0 radical (unpaired) electrons. The third kappa shape index (κ3) is 3.43. The molecule has 0 spiro atoms. The first kappa shape index (κ1) is 15.1. The fourth-order valence-electron chi connectivity index (χ4n) is 2.40. The van der Waals surface area contributed by atoms with Crippen molar-refractivity contribution in [2.75, 3.05) is 25.6 Å². The molecule has 1 saturated heterocycles. The lowest BCUT2D eigenvalue weighted by molar-refractivity contribution is -0.0201. The lowest BCUT2D eigenvalue weighted by atomic mass is 10.2. The highest BCUT2D eigenvalue weighted by Crippen LogP contribution is 2.23. The van der Waals surface area contributed by atoms with Gasteiger partial charge in [0.05, 0.1) is 29.1 Å². The second-order valence-electron chi connectivity index (χ2n) is 4.76. The molecule has 6 heteroatoms. The van der Waals surface area contributed by atoms with Crippen LogP contribution in [0.5, 0.6) is 0 Å². The normalized spacial score (nSPS) is 20.9. The van der Waals surface area contributed by atoms with Gasteiger partial charge in [-0.2, -0.15) is 5.10 Å². The van der Waals surface area contributed by atoms with Gasteiger partial charge in [-0.1, -0.05) is 18.5 Å². The van der Waals surface area contributed by atoms with Crippen LogP contribution in [-0.2, 0) is 24.2 Å². The molecule has 2 heterocycles.